The highest BCUT2D eigenvalue weighted by Gasteiger charge is 2.46. The van der Waals surface area contributed by atoms with Gasteiger partial charge in [-0.15, -0.1) is 6.58 Å². The van der Waals surface area contributed by atoms with Crippen molar-refractivity contribution >= 4 is 16.2 Å². The first kappa shape index (κ1) is 72.9. The molecule has 4 rings (SSSR count). The second kappa shape index (κ2) is 38.6. The summed E-state index contributed by atoms with van der Waals surface area (Å²) in [4.78, 5) is 13.1. The van der Waals surface area contributed by atoms with Crippen LogP contribution in [0, 0.1) is 5.92 Å². The molecule has 0 spiro atoms. The molecule has 20 atom stereocenters. The molecule has 4 aliphatic heterocycles. The van der Waals surface area contributed by atoms with Gasteiger partial charge in [-0.1, -0.05) is 106 Å². The van der Waals surface area contributed by atoms with E-state index in [4.69, 9.17) is 28.2 Å². The lowest BCUT2D eigenvalue weighted by molar-refractivity contribution is -0.313. The molecule has 0 aromatic carbocycles. The topological polar surface area (TPSA) is 332 Å². The van der Waals surface area contributed by atoms with Crippen molar-refractivity contribution in [2.45, 2.75) is 297 Å². The van der Waals surface area contributed by atoms with Crippen LogP contribution in [0.5, 0.6) is 0 Å². The van der Waals surface area contributed by atoms with E-state index < -0.39 is 115 Å². The van der Waals surface area contributed by atoms with Crippen LogP contribution in [0.1, 0.15) is 181 Å². The van der Waals surface area contributed by atoms with Gasteiger partial charge >= 0.3 is 10.4 Å². The van der Waals surface area contributed by atoms with Crippen molar-refractivity contribution in [2.24, 2.45) is 5.92 Å². The van der Waals surface area contributed by atoms with Gasteiger partial charge in [0.05, 0.1) is 86.0 Å². The van der Waals surface area contributed by atoms with Crippen LogP contribution in [0.25, 0.3) is 0 Å². The first-order valence-electron chi connectivity index (χ1n) is 30.6. The van der Waals surface area contributed by atoms with Crippen LogP contribution in [0.3, 0.4) is 0 Å². The second-order valence-electron chi connectivity index (χ2n) is 23.9. The van der Waals surface area contributed by atoms with Gasteiger partial charge < -0.3 is 74.7 Å². The largest absolute Gasteiger partial charge is 0.397 e. The zero-order valence-corrected chi connectivity index (χ0v) is 50.1. The van der Waals surface area contributed by atoms with Crippen LogP contribution in [0.15, 0.2) is 73.4 Å². The Labute approximate surface area is 493 Å². The highest BCUT2D eigenvalue weighted by Crippen LogP contribution is 2.35. The maximum atomic E-state index is 13.1. The number of unbranched alkanes of at least 4 members (excludes halogenated alkanes) is 6. The molecule has 0 aliphatic carbocycles. The van der Waals surface area contributed by atoms with Gasteiger partial charge in [0, 0.05) is 38.5 Å². The van der Waals surface area contributed by atoms with E-state index in [-0.39, 0.29) is 69.4 Å². The standard InChI is InChI=1S/C62H104O20S/c1-6-21-42(4)32-48-37-50(69)52(77-48)26-19-18-24-40(2)22-16-14-12-10-8-7-9-11-13-15-17-23-41(3)28-31-54-53(79-54)27-20-25-47(78-62-60(73)59(72)58(71)57(39-63)81-62)36-46(67)35-45(66)34-44(65)29-30-49(68)55-38-51(70)61(82-83(74,75)76)56(80-55)33-43(5)64/h6,8,10,16,18-19,22,41,43-44,46-65,67-73H,1-2,4,7,9,11-15,17,20-21,23-39H2,3,5H3,(H,74,75,76)/b10-8+,19-18+,22-16+/t41?,43?,44?,46?,47?,48-,49?,50-,51-,52+,53?,54?,55-,56+,57+,58+,59-,60+,61-,62+/m0/s1. The van der Waals surface area contributed by atoms with E-state index in [0.717, 1.165) is 62.5 Å². The number of ether oxygens (including phenoxy) is 5. The fraction of sp³-hybridized carbons (Fsp3) is 0.790. The number of aliphatic hydroxyl groups excluding tert-OH is 10. The molecular weight excluding hydrogens is 1100 g/mol. The highest BCUT2D eigenvalue weighted by molar-refractivity contribution is 7.80. The van der Waals surface area contributed by atoms with Gasteiger partial charge in [0.15, 0.2) is 6.29 Å². The predicted octanol–water partition coefficient (Wildman–Crippen LogP) is 6.16. The van der Waals surface area contributed by atoms with E-state index in [1.165, 1.54) is 45.4 Å². The smallest absolute Gasteiger partial charge is 0.394 e. The molecule has 0 aromatic heterocycles. The number of Topliss-reactive ketones (excluding diaryl/α,β-unsaturated/α-hetero) is 1. The summed E-state index contributed by atoms with van der Waals surface area (Å²) in [5.41, 5.74) is 2.13. The quantitative estimate of drug-likeness (QED) is 0.0107. The van der Waals surface area contributed by atoms with E-state index in [1.54, 1.807) is 0 Å². The van der Waals surface area contributed by atoms with Gasteiger partial charge in [0.25, 0.3) is 0 Å². The highest BCUT2D eigenvalue weighted by atomic mass is 32.3. The average molecular weight is 1200 g/mol. The third kappa shape index (κ3) is 28.8. The van der Waals surface area contributed by atoms with Crippen molar-refractivity contribution in [3.8, 4) is 0 Å². The second-order valence-corrected chi connectivity index (χ2v) is 25.0. The van der Waals surface area contributed by atoms with Crippen molar-refractivity contribution in [1.82, 2.24) is 0 Å². The zero-order valence-electron chi connectivity index (χ0n) is 49.3. The molecule has 0 bridgehead atoms. The van der Waals surface area contributed by atoms with Gasteiger partial charge in [-0.3, -0.25) is 9.35 Å². The lowest BCUT2D eigenvalue weighted by atomic mass is 9.90. The van der Waals surface area contributed by atoms with Gasteiger partial charge in [-0.05, 0) is 109 Å². The first-order valence-corrected chi connectivity index (χ1v) is 31.9. The predicted molar refractivity (Wildman–Crippen MR) is 313 cm³/mol. The normalized spacial score (nSPS) is 30.9. The number of ketones is 1. The van der Waals surface area contributed by atoms with E-state index in [9.17, 15) is 64.3 Å². The molecule has 0 saturated carbocycles. The summed E-state index contributed by atoms with van der Waals surface area (Å²) in [6, 6.07) is 0. The molecule has 20 nitrogen and oxygen atoms in total. The number of aliphatic hydroxyl groups is 10. The Bertz CT molecular complexity index is 2080. The molecule has 0 radical (unpaired) electrons. The Hall–Kier alpha value is -2.62. The van der Waals surface area contributed by atoms with E-state index in [1.807, 2.05) is 6.08 Å². The number of hydrogen-bond acceptors (Lipinski definition) is 19. The number of allylic oxidation sites excluding steroid dienone is 7. The fourth-order valence-corrected chi connectivity index (χ4v) is 11.9. The Morgan fingerprint density at radius 3 is 2.10 bits per heavy atom. The van der Waals surface area contributed by atoms with Crippen molar-refractivity contribution in [2.75, 3.05) is 6.61 Å². The van der Waals surface area contributed by atoms with Gasteiger partial charge in [0.2, 0.25) is 0 Å². The summed E-state index contributed by atoms with van der Waals surface area (Å²) >= 11 is 0. The van der Waals surface area contributed by atoms with Crippen LogP contribution >= 0.6 is 0 Å². The maximum absolute atomic E-state index is 13.1. The molecule has 4 aliphatic rings. The fourth-order valence-electron chi connectivity index (χ4n) is 11.4. The van der Waals surface area contributed by atoms with Crippen molar-refractivity contribution < 1.29 is 96.7 Å². The summed E-state index contributed by atoms with van der Waals surface area (Å²) in [5, 5.41) is 105. The SMILES string of the molecule is C=CCC(=C)C[C@H]1C[C@H](O)[C@@H](C/C=C/CC(=C)/C=C/CC/C=C/CCCCCCCC(C)CCC2OC2CCCC(CC(O)CC(=O)CC(O)CCC(O)[C@@H]2C[C@H](O)[C@H](OS(=O)(=O)O)[C@@H](CC(C)O)O2)O[C@@H]2O[C@H](CO)[C@@H](O)[C@H](O)[C@H]2O)O1. The van der Waals surface area contributed by atoms with Gasteiger partial charge in [-0.25, -0.2) is 4.18 Å². The van der Waals surface area contributed by atoms with Crippen molar-refractivity contribution in [3.05, 3.63) is 73.4 Å². The molecule has 0 aromatic rings. The summed E-state index contributed by atoms with van der Waals surface area (Å²) in [6.07, 6.45) is 12.1. The molecule has 83 heavy (non-hydrogen) atoms. The van der Waals surface area contributed by atoms with E-state index in [0.29, 0.717) is 38.0 Å². The van der Waals surface area contributed by atoms with Gasteiger partial charge in [-0.2, -0.15) is 8.42 Å². The Balaban J connectivity index is 1.07. The summed E-state index contributed by atoms with van der Waals surface area (Å²) in [7, 11) is -4.98. The molecule has 21 heteroatoms. The van der Waals surface area contributed by atoms with E-state index in [2.05, 4.69) is 67.3 Å². The maximum Gasteiger partial charge on any atom is 0.397 e. The third-order valence-corrected chi connectivity index (χ3v) is 16.6. The lowest BCUT2D eigenvalue weighted by Crippen LogP contribution is -2.59. The molecule has 8 unspecified atom stereocenters. The molecular formula is C62H104O20S. The average Bonchev–Trinajstić information content (AvgIpc) is 4.31. The minimum Gasteiger partial charge on any atom is -0.394 e. The summed E-state index contributed by atoms with van der Waals surface area (Å²) in [6.45, 7) is 15.0. The molecule has 4 saturated heterocycles. The van der Waals surface area contributed by atoms with Crippen LogP contribution in [-0.2, 0) is 43.1 Å². The Morgan fingerprint density at radius 1 is 0.675 bits per heavy atom. The molecule has 4 heterocycles. The Kier molecular flexibility index (Phi) is 33.9. The number of carbonyl (C=O) groups is 1. The number of carbonyl (C=O) groups excluding carboxylic acids is 1. The van der Waals surface area contributed by atoms with Crippen LogP contribution in [0.4, 0.5) is 0 Å². The van der Waals surface area contributed by atoms with Crippen LogP contribution < -0.4 is 0 Å². The zero-order chi connectivity index (χ0) is 61.1. The minimum atomic E-state index is -4.98. The minimum absolute atomic E-state index is 0.0223. The third-order valence-electron chi connectivity index (χ3n) is 16.1. The van der Waals surface area contributed by atoms with Crippen molar-refractivity contribution in [1.29, 1.82) is 0 Å². The summed E-state index contributed by atoms with van der Waals surface area (Å²) < 4.78 is 66.0. The van der Waals surface area contributed by atoms with Crippen LogP contribution in [0.2, 0.25) is 0 Å². The number of hydrogen-bond donors (Lipinski definition) is 11. The first-order chi connectivity index (χ1) is 39.5. The Morgan fingerprint density at radius 2 is 1.37 bits per heavy atom. The van der Waals surface area contributed by atoms with Gasteiger partial charge in [0.1, 0.15) is 36.3 Å². The molecule has 11 N–H and O–H groups in total. The van der Waals surface area contributed by atoms with Crippen molar-refractivity contribution in [3.63, 3.8) is 0 Å². The number of rotatable bonds is 44. The molecule has 4 fully saturated rings. The monoisotopic (exact) mass is 1200 g/mol. The van der Waals surface area contributed by atoms with Crippen LogP contribution in [-0.4, -0.2) is 193 Å². The lowest BCUT2D eigenvalue weighted by Gasteiger charge is -2.41. The summed E-state index contributed by atoms with van der Waals surface area (Å²) in [5.74, 6) is 0.0840. The van der Waals surface area contributed by atoms with E-state index >= 15 is 0 Å². The molecule has 478 valence electrons. The number of epoxide rings is 1. The molecule has 0 amide bonds.